The van der Waals surface area contributed by atoms with Gasteiger partial charge in [-0.25, -0.2) is 0 Å². The van der Waals surface area contributed by atoms with E-state index in [1.54, 1.807) is 0 Å². The molecule has 0 aromatic rings. The fourth-order valence-electron chi connectivity index (χ4n) is 0. The summed E-state index contributed by atoms with van der Waals surface area (Å²) in [4.78, 5) is 9.53. The number of hydrogen-bond acceptors (Lipinski definition) is 2. The van der Waals surface area contributed by atoms with Crippen LogP contribution in [0.25, 0.3) is 0 Å². The van der Waals surface area contributed by atoms with Gasteiger partial charge in [0.2, 0.25) is 0 Å². The number of carbonyl (C=O) groups excluding carboxylic acids is 1. The van der Waals surface area contributed by atoms with Crippen LogP contribution < -0.4 is 51.4 Å². The SMILES string of the molecule is FB(F)F.[CH2-]OC(C)=O.[K+]. The van der Waals surface area contributed by atoms with Crippen molar-refractivity contribution in [1.82, 2.24) is 0 Å². The molecule has 0 radical (unpaired) electrons. The number of ether oxygens (including phenoxy) is 1. The van der Waals surface area contributed by atoms with Crippen molar-refractivity contribution in [3.63, 3.8) is 0 Å². The van der Waals surface area contributed by atoms with E-state index in [9.17, 15) is 17.7 Å². The van der Waals surface area contributed by atoms with Crippen LogP contribution in [-0.2, 0) is 9.53 Å². The molecule has 0 saturated carbocycles. The Morgan fingerprint density at radius 1 is 1.50 bits per heavy atom. The van der Waals surface area contributed by atoms with E-state index in [4.69, 9.17) is 0 Å². The predicted octanol–water partition coefficient (Wildman–Crippen LogP) is -1.78. The Bertz CT molecular complexity index is 79.4. The van der Waals surface area contributed by atoms with Crippen LogP contribution in [0.1, 0.15) is 6.92 Å². The second kappa shape index (κ2) is 12.6. The maximum absolute atomic E-state index is 9.67. The van der Waals surface area contributed by atoms with Crippen LogP contribution in [0.2, 0.25) is 0 Å². The first-order chi connectivity index (χ1) is 4.00. The summed E-state index contributed by atoms with van der Waals surface area (Å²) in [7, 11) is -0.831. The second-order valence-corrected chi connectivity index (χ2v) is 0.883. The number of rotatable bonds is 0. The van der Waals surface area contributed by atoms with Crippen molar-refractivity contribution in [3.8, 4) is 0 Å². The first kappa shape index (κ1) is 17.2. The van der Waals surface area contributed by atoms with E-state index >= 15 is 0 Å². The summed E-state index contributed by atoms with van der Waals surface area (Å²) in [5.41, 5.74) is 0. The third kappa shape index (κ3) is 64.8. The average molecular weight is 180 g/mol. The maximum atomic E-state index is 9.67. The van der Waals surface area contributed by atoms with Gasteiger partial charge in [-0.2, -0.15) is 7.11 Å². The zero-order valence-electron chi connectivity index (χ0n) is 5.73. The molecule has 0 rings (SSSR count). The van der Waals surface area contributed by atoms with Crippen molar-refractivity contribution in [3.05, 3.63) is 7.11 Å². The van der Waals surface area contributed by atoms with Crippen molar-refractivity contribution >= 4 is 13.5 Å². The standard InChI is InChI=1S/C3H5O2.BF3.K/c1-3(4)5-2;2-1(3)4;/h2H2,1H3;;/q-1;;+1. The molecule has 0 heterocycles. The molecule has 2 nitrogen and oxygen atoms in total. The number of halogens is 3. The van der Waals surface area contributed by atoms with Crippen LogP contribution in [0.3, 0.4) is 0 Å². The predicted molar refractivity (Wildman–Crippen MR) is 26.2 cm³/mol. The van der Waals surface area contributed by atoms with E-state index in [1.165, 1.54) is 6.92 Å². The van der Waals surface area contributed by atoms with Crippen LogP contribution in [0.5, 0.6) is 0 Å². The van der Waals surface area contributed by atoms with Gasteiger partial charge >= 0.3 is 58.9 Å². The van der Waals surface area contributed by atoms with Gasteiger partial charge in [0.15, 0.2) is 0 Å². The molecule has 0 aliphatic rings. The molecule has 7 heteroatoms. The Morgan fingerprint density at radius 3 is 1.60 bits per heavy atom. The van der Waals surface area contributed by atoms with Gasteiger partial charge in [0.25, 0.3) is 5.97 Å². The third-order valence-electron chi connectivity index (χ3n) is 0.203. The van der Waals surface area contributed by atoms with Crippen LogP contribution in [0, 0.1) is 7.11 Å². The van der Waals surface area contributed by atoms with Gasteiger partial charge in [-0.1, -0.05) is 0 Å². The monoisotopic (exact) mass is 180 g/mol. The molecule has 0 saturated heterocycles. The van der Waals surface area contributed by atoms with Crippen LogP contribution in [-0.4, -0.2) is 13.5 Å². The zero-order valence-corrected chi connectivity index (χ0v) is 8.86. The summed E-state index contributed by atoms with van der Waals surface area (Å²) in [6, 6.07) is 0. The van der Waals surface area contributed by atoms with Crippen LogP contribution >= 0.6 is 0 Å². The summed E-state index contributed by atoms with van der Waals surface area (Å²) in [6.45, 7) is 1.30. The van der Waals surface area contributed by atoms with Crippen LogP contribution in [0.4, 0.5) is 12.9 Å². The molecule has 0 aromatic carbocycles. The first-order valence-corrected chi connectivity index (χ1v) is 1.85. The van der Waals surface area contributed by atoms with Crippen molar-refractivity contribution in [2.75, 3.05) is 0 Å². The van der Waals surface area contributed by atoms with Crippen molar-refractivity contribution in [2.24, 2.45) is 0 Å². The Kier molecular flexibility index (Phi) is 21.7. The first-order valence-electron chi connectivity index (χ1n) is 1.85. The van der Waals surface area contributed by atoms with Gasteiger partial charge in [0.05, 0.1) is 0 Å². The van der Waals surface area contributed by atoms with Gasteiger partial charge < -0.3 is 4.74 Å². The summed E-state index contributed by atoms with van der Waals surface area (Å²) in [5, 5.41) is 0. The van der Waals surface area contributed by atoms with Gasteiger partial charge in [-0.3, -0.25) is 17.7 Å². The topological polar surface area (TPSA) is 26.3 Å². The smallest absolute Gasteiger partial charge is 0.640 e. The van der Waals surface area contributed by atoms with E-state index in [2.05, 4.69) is 11.8 Å². The molecule has 0 atom stereocenters. The van der Waals surface area contributed by atoms with Crippen molar-refractivity contribution in [2.45, 2.75) is 6.92 Å². The molecule has 0 aliphatic heterocycles. The van der Waals surface area contributed by atoms with Gasteiger partial charge in [-0.15, -0.1) is 0 Å². The Hall–Kier alpha value is 0.961. The molecule has 0 bridgehead atoms. The largest absolute Gasteiger partial charge is 1.00 e. The number of carbonyl (C=O) groups is 1. The van der Waals surface area contributed by atoms with Crippen molar-refractivity contribution < 1.29 is 73.9 Å². The minimum atomic E-state index is -3.67. The Balaban J connectivity index is -0.0000000910. The Morgan fingerprint density at radius 2 is 1.60 bits per heavy atom. The second-order valence-electron chi connectivity index (χ2n) is 0.883. The molecule has 0 N–H and O–H groups in total. The number of esters is 1. The minimum Gasteiger partial charge on any atom is -0.640 e. The molecule has 0 unspecified atom stereocenters. The van der Waals surface area contributed by atoms with E-state index in [-0.39, 0.29) is 57.4 Å². The normalized spacial score (nSPS) is 6.10. The summed E-state index contributed by atoms with van der Waals surface area (Å²) < 4.78 is 32.9. The van der Waals surface area contributed by atoms with Crippen LogP contribution in [0.15, 0.2) is 0 Å². The quantitative estimate of drug-likeness (QED) is 0.250. The van der Waals surface area contributed by atoms with E-state index in [0.717, 1.165) is 0 Å². The molecule has 54 valence electrons. The molecule has 0 amide bonds. The molecular weight excluding hydrogens is 175 g/mol. The Labute approximate surface area is 100 Å². The fourth-order valence-corrected chi connectivity index (χ4v) is 0. The van der Waals surface area contributed by atoms with Gasteiger partial charge in [0, 0.05) is 6.92 Å². The third-order valence-corrected chi connectivity index (χ3v) is 0.203. The summed E-state index contributed by atoms with van der Waals surface area (Å²) in [5.74, 6) is -0.356. The maximum Gasteiger partial charge on any atom is 1.00 e. The summed E-state index contributed by atoms with van der Waals surface area (Å²) >= 11 is 0. The number of hydrogen-bond donors (Lipinski definition) is 0. The zero-order chi connectivity index (χ0) is 7.86. The van der Waals surface area contributed by atoms with Gasteiger partial charge in [-0.05, 0) is 0 Å². The van der Waals surface area contributed by atoms with E-state index < -0.39 is 7.54 Å². The molecule has 0 fully saturated rings. The summed E-state index contributed by atoms with van der Waals surface area (Å²) in [6.07, 6.45) is 0. The van der Waals surface area contributed by atoms with Gasteiger partial charge in [0.1, 0.15) is 0 Å². The van der Waals surface area contributed by atoms with E-state index in [1.807, 2.05) is 0 Å². The molecule has 10 heavy (non-hydrogen) atoms. The van der Waals surface area contributed by atoms with E-state index in [0.29, 0.717) is 0 Å². The van der Waals surface area contributed by atoms with Crippen molar-refractivity contribution in [1.29, 1.82) is 0 Å². The minimum absolute atomic E-state index is 0. The molecule has 0 aliphatic carbocycles. The average Bonchev–Trinajstić information content (AvgIpc) is 1.65. The molecule has 0 aromatic heterocycles. The fraction of sp³-hybridized carbons (Fsp3) is 0.333. The molecule has 0 spiro atoms. The molecular formula is C3H5BF3KO2.